The van der Waals surface area contributed by atoms with Crippen molar-refractivity contribution in [2.45, 2.75) is 38.2 Å². The van der Waals surface area contributed by atoms with Crippen LogP contribution in [0.2, 0.25) is 0 Å². The van der Waals surface area contributed by atoms with Crippen molar-refractivity contribution in [1.82, 2.24) is 0 Å². The second kappa shape index (κ2) is 5.65. The normalized spacial score (nSPS) is 21.5. The molecule has 94 valence electrons. The van der Waals surface area contributed by atoms with E-state index in [4.69, 9.17) is 4.74 Å². The first kappa shape index (κ1) is 12.6. The minimum Gasteiger partial charge on any atom is -0.393 e. The molecule has 2 rings (SSSR count). The van der Waals surface area contributed by atoms with E-state index in [1.165, 1.54) is 11.1 Å². The Bertz CT molecular complexity index is 362. The lowest BCUT2D eigenvalue weighted by atomic mass is 9.74. The molecule has 0 saturated carbocycles. The first-order valence-corrected chi connectivity index (χ1v) is 6.45. The average molecular weight is 234 g/mol. The Morgan fingerprint density at radius 1 is 1.41 bits per heavy atom. The first-order chi connectivity index (χ1) is 8.20. The molecule has 0 amide bonds. The lowest BCUT2D eigenvalue weighted by Gasteiger charge is -2.32. The minimum absolute atomic E-state index is 0.196. The molecule has 0 aliphatic heterocycles. The molecule has 2 heteroatoms. The third-order valence-corrected chi connectivity index (χ3v) is 3.64. The van der Waals surface area contributed by atoms with E-state index >= 15 is 0 Å². The van der Waals surface area contributed by atoms with Crippen LogP contribution in [0.25, 0.3) is 0 Å². The first-order valence-electron chi connectivity index (χ1n) is 6.45. The van der Waals surface area contributed by atoms with E-state index in [1.54, 1.807) is 7.11 Å². The molecule has 0 spiro atoms. The van der Waals surface area contributed by atoms with Crippen molar-refractivity contribution in [2.75, 3.05) is 13.7 Å². The fraction of sp³-hybridized carbons (Fsp3) is 0.600. The molecule has 3 atom stereocenters. The summed E-state index contributed by atoms with van der Waals surface area (Å²) in [5.74, 6) is 1.00. The van der Waals surface area contributed by atoms with E-state index in [-0.39, 0.29) is 6.10 Å². The predicted octanol–water partition coefficient (Wildman–Crippen LogP) is 2.75. The Morgan fingerprint density at radius 3 is 2.88 bits per heavy atom. The van der Waals surface area contributed by atoms with Crippen molar-refractivity contribution in [2.24, 2.45) is 5.92 Å². The second-order valence-corrected chi connectivity index (χ2v) is 5.29. The molecule has 2 nitrogen and oxygen atoms in total. The van der Waals surface area contributed by atoms with Crippen LogP contribution in [0.1, 0.15) is 36.8 Å². The Morgan fingerprint density at radius 2 is 2.18 bits per heavy atom. The highest BCUT2D eigenvalue weighted by atomic mass is 16.5. The van der Waals surface area contributed by atoms with Gasteiger partial charge < -0.3 is 9.84 Å². The molecule has 0 bridgehead atoms. The monoisotopic (exact) mass is 234 g/mol. The van der Waals surface area contributed by atoms with E-state index < -0.39 is 0 Å². The quantitative estimate of drug-likeness (QED) is 0.820. The highest BCUT2D eigenvalue weighted by molar-refractivity contribution is 5.39. The van der Waals surface area contributed by atoms with E-state index in [2.05, 4.69) is 31.2 Å². The maximum absolute atomic E-state index is 10.1. The number of benzene rings is 1. The van der Waals surface area contributed by atoms with Crippen LogP contribution in [-0.2, 0) is 11.2 Å². The zero-order chi connectivity index (χ0) is 12.3. The van der Waals surface area contributed by atoms with E-state index in [1.807, 2.05) is 0 Å². The van der Waals surface area contributed by atoms with Gasteiger partial charge in [-0.1, -0.05) is 31.2 Å². The molecule has 0 saturated heterocycles. The summed E-state index contributed by atoms with van der Waals surface area (Å²) in [6.45, 7) is 2.86. The van der Waals surface area contributed by atoms with Gasteiger partial charge in [0.2, 0.25) is 0 Å². The molecule has 0 radical (unpaired) electrons. The van der Waals surface area contributed by atoms with Crippen molar-refractivity contribution in [3.05, 3.63) is 35.4 Å². The van der Waals surface area contributed by atoms with Crippen LogP contribution >= 0.6 is 0 Å². The number of methoxy groups -OCH3 is 1. The van der Waals surface area contributed by atoms with Crippen LogP contribution in [0.3, 0.4) is 0 Å². The summed E-state index contributed by atoms with van der Waals surface area (Å²) in [7, 11) is 1.71. The summed E-state index contributed by atoms with van der Waals surface area (Å²) in [5, 5.41) is 10.1. The van der Waals surface area contributed by atoms with Gasteiger partial charge >= 0.3 is 0 Å². The van der Waals surface area contributed by atoms with E-state index in [0.29, 0.717) is 11.8 Å². The Labute approximate surface area is 104 Å². The Hall–Kier alpha value is -0.860. The number of hydrogen-bond acceptors (Lipinski definition) is 2. The topological polar surface area (TPSA) is 29.5 Å². The second-order valence-electron chi connectivity index (χ2n) is 5.29. The zero-order valence-corrected chi connectivity index (χ0v) is 10.7. The van der Waals surface area contributed by atoms with Crippen molar-refractivity contribution < 1.29 is 9.84 Å². The van der Waals surface area contributed by atoms with Crippen molar-refractivity contribution in [3.8, 4) is 0 Å². The van der Waals surface area contributed by atoms with Gasteiger partial charge in [-0.15, -0.1) is 0 Å². The third kappa shape index (κ3) is 3.08. The number of aliphatic hydroxyl groups excluding tert-OH is 1. The molecular weight excluding hydrogens is 212 g/mol. The van der Waals surface area contributed by atoms with Gasteiger partial charge in [-0.3, -0.25) is 0 Å². The van der Waals surface area contributed by atoms with Crippen LogP contribution in [0.4, 0.5) is 0 Å². The summed E-state index contributed by atoms with van der Waals surface area (Å²) in [4.78, 5) is 0. The summed E-state index contributed by atoms with van der Waals surface area (Å²) in [5.41, 5.74) is 2.89. The smallest absolute Gasteiger partial charge is 0.0549 e. The molecule has 1 aromatic rings. The molecular formula is C15H22O2. The number of hydrogen-bond donors (Lipinski definition) is 1. The maximum atomic E-state index is 10.1. The highest BCUT2D eigenvalue weighted by Crippen LogP contribution is 2.38. The Kier molecular flexibility index (Phi) is 4.19. The van der Waals surface area contributed by atoms with Gasteiger partial charge in [-0.05, 0) is 42.2 Å². The number of aliphatic hydroxyl groups is 1. The van der Waals surface area contributed by atoms with Crippen molar-refractivity contribution in [3.63, 3.8) is 0 Å². The maximum Gasteiger partial charge on any atom is 0.0549 e. The van der Waals surface area contributed by atoms with Crippen LogP contribution in [-0.4, -0.2) is 24.9 Å². The summed E-state index contributed by atoms with van der Waals surface area (Å²) in [6, 6.07) is 8.55. The minimum atomic E-state index is -0.196. The molecule has 3 unspecified atom stereocenters. The average Bonchev–Trinajstić information content (AvgIpc) is 2.26. The molecule has 0 fully saturated rings. The molecule has 1 aliphatic carbocycles. The van der Waals surface area contributed by atoms with Crippen LogP contribution in [0.15, 0.2) is 24.3 Å². The summed E-state index contributed by atoms with van der Waals surface area (Å²) < 4.78 is 5.09. The standard InChI is InChI=1S/C15H22O2/c1-11(10-17-2)7-14(16)9-13-8-12-5-3-4-6-15(12)13/h3-6,11,13-14,16H,7-10H2,1-2H3. The van der Waals surface area contributed by atoms with Crippen LogP contribution in [0.5, 0.6) is 0 Å². The van der Waals surface area contributed by atoms with Gasteiger partial charge in [0, 0.05) is 13.7 Å². The lowest BCUT2D eigenvalue weighted by Crippen LogP contribution is -2.24. The van der Waals surface area contributed by atoms with Crippen LogP contribution < -0.4 is 0 Å². The molecule has 1 N–H and O–H groups in total. The van der Waals surface area contributed by atoms with Gasteiger partial charge in [-0.25, -0.2) is 0 Å². The summed E-state index contributed by atoms with van der Waals surface area (Å²) >= 11 is 0. The lowest BCUT2D eigenvalue weighted by molar-refractivity contribution is 0.0903. The Balaban J connectivity index is 1.80. The van der Waals surface area contributed by atoms with Crippen LogP contribution in [0, 0.1) is 5.92 Å². The van der Waals surface area contributed by atoms with Gasteiger partial charge in [0.25, 0.3) is 0 Å². The predicted molar refractivity (Wildman–Crippen MR) is 69.2 cm³/mol. The molecule has 17 heavy (non-hydrogen) atoms. The number of fused-ring (bicyclic) bond motifs is 1. The molecule has 0 aromatic heterocycles. The molecule has 1 aromatic carbocycles. The van der Waals surface area contributed by atoms with Gasteiger partial charge in [0.05, 0.1) is 6.10 Å². The van der Waals surface area contributed by atoms with Crippen molar-refractivity contribution in [1.29, 1.82) is 0 Å². The van der Waals surface area contributed by atoms with Gasteiger partial charge in [0.15, 0.2) is 0 Å². The largest absolute Gasteiger partial charge is 0.393 e. The number of ether oxygens (including phenoxy) is 1. The van der Waals surface area contributed by atoms with E-state index in [0.717, 1.165) is 25.9 Å². The molecule has 1 aliphatic rings. The van der Waals surface area contributed by atoms with E-state index in [9.17, 15) is 5.11 Å². The SMILES string of the molecule is COCC(C)CC(O)CC1Cc2ccccc21. The fourth-order valence-corrected chi connectivity index (χ4v) is 2.81. The number of rotatable bonds is 6. The zero-order valence-electron chi connectivity index (χ0n) is 10.7. The third-order valence-electron chi connectivity index (χ3n) is 3.64. The fourth-order valence-electron chi connectivity index (χ4n) is 2.81. The highest BCUT2D eigenvalue weighted by Gasteiger charge is 2.27. The van der Waals surface area contributed by atoms with Crippen molar-refractivity contribution >= 4 is 0 Å². The summed E-state index contributed by atoms with van der Waals surface area (Å²) in [6.07, 6.45) is 2.67. The van der Waals surface area contributed by atoms with Gasteiger partial charge in [0.1, 0.15) is 0 Å². The molecule has 0 heterocycles. The van der Waals surface area contributed by atoms with Gasteiger partial charge in [-0.2, -0.15) is 0 Å².